The van der Waals surface area contributed by atoms with Gasteiger partial charge in [-0.2, -0.15) is 13.2 Å². The molecule has 1 aromatic heterocycles. The fourth-order valence-corrected chi connectivity index (χ4v) is 2.50. The first-order valence-electron chi connectivity index (χ1n) is 8.12. The van der Waals surface area contributed by atoms with Crippen LogP contribution in [0, 0.1) is 11.6 Å². The van der Waals surface area contributed by atoms with Crippen molar-refractivity contribution in [1.82, 2.24) is 9.55 Å². The van der Waals surface area contributed by atoms with Crippen LogP contribution in [-0.4, -0.2) is 15.5 Å². The second kappa shape index (κ2) is 7.82. The fourth-order valence-electron chi connectivity index (χ4n) is 2.50. The highest BCUT2D eigenvalue weighted by Crippen LogP contribution is 2.33. The maximum absolute atomic E-state index is 13.3. The third kappa shape index (κ3) is 4.84. The van der Waals surface area contributed by atoms with E-state index in [1.54, 1.807) is 0 Å². The van der Waals surface area contributed by atoms with E-state index in [4.69, 9.17) is 0 Å². The van der Waals surface area contributed by atoms with Crippen LogP contribution in [-0.2, 0) is 17.5 Å². The maximum Gasteiger partial charge on any atom is 0.419 e. The summed E-state index contributed by atoms with van der Waals surface area (Å²) < 4.78 is 65.4. The van der Waals surface area contributed by atoms with Crippen LogP contribution in [0.3, 0.4) is 0 Å². The Kier molecular flexibility index (Phi) is 5.44. The van der Waals surface area contributed by atoms with Gasteiger partial charge in [0.25, 0.3) is 5.56 Å². The summed E-state index contributed by atoms with van der Waals surface area (Å²) in [6, 6.07) is 8.43. The van der Waals surface area contributed by atoms with Gasteiger partial charge in [0.2, 0.25) is 5.91 Å². The molecule has 0 unspecified atom stereocenters. The van der Waals surface area contributed by atoms with Crippen LogP contribution in [0.15, 0.2) is 59.7 Å². The van der Waals surface area contributed by atoms with Gasteiger partial charge in [0.15, 0.2) is 0 Å². The molecule has 3 aromatic rings. The van der Waals surface area contributed by atoms with Crippen molar-refractivity contribution in [3.63, 3.8) is 0 Å². The highest BCUT2D eigenvalue weighted by atomic mass is 19.4. The van der Waals surface area contributed by atoms with Crippen molar-refractivity contribution in [1.29, 1.82) is 0 Å². The van der Waals surface area contributed by atoms with Crippen LogP contribution in [0.4, 0.5) is 27.6 Å². The summed E-state index contributed by atoms with van der Waals surface area (Å²) in [4.78, 5) is 28.2. The van der Waals surface area contributed by atoms with Gasteiger partial charge >= 0.3 is 6.18 Å². The minimum Gasteiger partial charge on any atom is -0.325 e. The zero-order valence-electron chi connectivity index (χ0n) is 14.5. The number of benzene rings is 2. The summed E-state index contributed by atoms with van der Waals surface area (Å²) in [7, 11) is 0. The molecule has 0 aliphatic rings. The summed E-state index contributed by atoms with van der Waals surface area (Å²) in [6.07, 6.45) is -3.83. The Hall–Kier alpha value is -3.56. The average Bonchev–Trinajstić information content (AvgIpc) is 2.65. The number of nitrogens with one attached hydrogen (secondary N) is 1. The molecule has 5 nitrogen and oxygen atoms in total. The maximum atomic E-state index is 13.3. The Labute approximate surface area is 160 Å². The first-order chi connectivity index (χ1) is 13.6. The summed E-state index contributed by atoms with van der Waals surface area (Å²) in [5.74, 6) is -2.72. The Morgan fingerprint density at radius 2 is 1.72 bits per heavy atom. The van der Waals surface area contributed by atoms with E-state index >= 15 is 0 Å². The lowest BCUT2D eigenvalue weighted by Gasteiger charge is -2.11. The van der Waals surface area contributed by atoms with Crippen LogP contribution in [0.1, 0.15) is 5.56 Å². The van der Waals surface area contributed by atoms with E-state index < -0.39 is 41.4 Å². The largest absolute Gasteiger partial charge is 0.419 e. The molecule has 0 atom stereocenters. The smallest absolute Gasteiger partial charge is 0.325 e. The normalized spacial score (nSPS) is 11.3. The lowest BCUT2D eigenvalue weighted by Crippen LogP contribution is -2.27. The van der Waals surface area contributed by atoms with E-state index in [-0.39, 0.29) is 11.4 Å². The number of halogens is 5. The third-order valence-electron chi connectivity index (χ3n) is 3.89. The van der Waals surface area contributed by atoms with Crippen molar-refractivity contribution in [2.24, 2.45) is 0 Å². The monoisotopic (exact) mass is 409 g/mol. The van der Waals surface area contributed by atoms with Gasteiger partial charge in [-0.1, -0.05) is 0 Å². The molecular weight excluding hydrogens is 397 g/mol. The van der Waals surface area contributed by atoms with E-state index in [0.717, 1.165) is 23.0 Å². The van der Waals surface area contributed by atoms with E-state index in [1.165, 1.54) is 24.3 Å². The molecule has 29 heavy (non-hydrogen) atoms. The third-order valence-corrected chi connectivity index (χ3v) is 3.89. The van der Waals surface area contributed by atoms with E-state index in [9.17, 15) is 31.5 Å². The van der Waals surface area contributed by atoms with Crippen LogP contribution >= 0.6 is 0 Å². The molecule has 0 fully saturated rings. The zero-order valence-corrected chi connectivity index (χ0v) is 14.5. The molecule has 0 saturated carbocycles. The molecule has 0 aliphatic carbocycles. The minimum atomic E-state index is -4.91. The number of hydrogen-bond donors (Lipinski definition) is 1. The number of nitrogens with zero attached hydrogens (tertiary/aromatic N) is 2. The molecular formula is C19H12F5N3O2. The quantitative estimate of drug-likeness (QED) is 0.666. The first kappa shape index (κ1) is 20.2. The van der Waals surface area contributed by atoms with Gasteiger partial charge in [-0.3, -0.25) is 14.2 Å². The highest BCUT2D eigenvalue weighted by Gasteiger charge is 2.34. The van der Waals surface area contributed by atoms with Crippen molar-refractivity contribution >= 4 is 11.6 Å². The molecule has 1 amide bonds. The number of anilines is 1. The molecule has 0 aliphatic heterocycles. The minimum absolute atomic E-state index is 0.264. The van der Waals surface area contributed by atoms with Crippen molar-refractivity contribution in [2.45, 2.75) is 12.7 Å². The summed E-state index contributed by atoms with van der Waals surface area (Å²) in [6.45, 7) is -0.520. The number of carbonyl (C=O) groups is 1. The standard InChI is InChI=1S/C19H12F5N3O2/c20-12-3-1-11(2-4-12)16-8-18(29)27(10-25-16)9-17(28)26-13-5-6-15(21)14(7-13)19(22,23)24/h1-8,10H,9H2,(H,26,28). The molecule has 10 heteroatoms. The van der Waals surface area contributed by atoms with Gasteiger partial charge in [0.05, 0.1) is 17.6 Å². The molecule has 0 spiro atoms. The second-order valence-corrected chi connectivity index (χ2v) is 5.99. The lowest BCUT2D eigenvalue weighted by molar-refractivity contribution is -0.140. The topological polar surface area (TPSA) is 64.0 Å². The fraction of sp³-hybridized carbons (Fsp3) is 0.105. The summed E-state index contributed by atoms with van der Waals surface area (Å²) >= 11 is 0. The summed E-state index contributed by atoms with van der Waals surface area (Å²) in [5.41, 5.74) is -1.62. The van der Waals surface area contributed by atoms with E-state index in [0.29, 0.717) is 17.7 Å². The molecule has 0 saturated heterocycles. The van der Waals surface area contributed by atoms with E-state index in [2.05, 4.69) is 10.3 Å². The molecule has 0 bridgehead atoms. The van der Waals surface area contributed by atoms with Crippen molar-refractivity contribution in [2.75, 3.05) is 5.32 Å². The van der Waals surface area contributed by atoms with Crippen LogP contribution < -0.4 is 10.9 Å². The molecule has 150 valence electrons. The second-order valence-electron chi connectivity index (χ2n) is 5.99. The number of carbonyl (C=O) groups excluding carboxylic acids is 1. The summed E-state index contributed by atoms with van der Waals surface area (Å²) in [5, 5.41) is 2.18. The number of aromatic nitrogens is 2. The number of amides is 1. The number of hydrogen-bond acceptors (Lipinski definition) is 3. The molecule has 1 N–H and O–H groups in total. The molecule has 0 radical (unpaired) electrons. The predicted molar refractivity (Wildman–Crippen MR) is 93.9 cm³/mol. The predicted octanol–water partition coefficient (Wildman–Crippen LogP) is 3.85. The van der Waals surface area contributed by atoms with Crippen molar-refractivity contribution < 1.29 is 26.7 Å². The molecule has 3 rings (SSSR count). The average molecular weight is 409 g/mol. The van der Waals surface area contributed by atoms with Crippen LogP contribution in [0.2, 0.25) is 0 Å². The van der Waals surface area contributed by atoms with Gasteiger partial charge in [-0.25, -0.2) is 13.8 Å². The Morgan fingerprint density at radius 3 is 2.34 bits per heavy atom. The van der Waals surface area contributed by atoms with Crippen LogP contribution in [0.25, 0.3) is 11.3 Å². The van der Waals surface area contributed by atoms with Gasteiger partial charge in [-0.05, 0) is 42.5 Å². The van der Waals surface area contributed by atoms with Gasteiger partial charge in [-0.15, -0.1) is 0 Å². The SMILES string of the molecule is O=C(Cn1cnc(-c2ccc(F)cc2)cc1=O)Nc1ccc(F)c(C(F)(F)F)c1. The number of alkyl halides is 3. The molecule has 2 aromatic carbocycles. The Balaban J connectivity index is 1.74. The number of rotatable bonds is 4. The van der Waals surface area contributed by atoms with Crippen molar-refractivity contribution in [3.8, 4) is 11.3 Å². The lowest BCUT2D eigenvalue weighted by atomic mass is 10.1. The van der Waals surface area contributed by atoms with Crippen molar-refractivity contribution in [3.05, 3.63) is 82.4 Å². The van der Waals surface area contributed by atoms with Crippen LogP contribution in [0.5, 0.6) is 0 Å². The van der Waals surface area contributed by atoms with Gasteiger partial charge < -0.3 is 5.32 Å². The first-order valence-corrected chi connectivity index (χ1v) is 8.12. The van der Waals surface area contributed by atoms with Gasteiger partial charge in [0, 0.05) is 17.3 Å². The Morgan fingerprint density at radius 1 is 1.03 bits per heavy atom. The highest BCUT2D eigenvalue weighted by molar-refractivity contribution is 5.90. The Bertz CT molecular complexity index is 1110. The zero-order chi connectivity index (χ0) is 21.2. The van der Waals surface area contributed by atoms with E-state index in [1.807, 2.05) is 0 Å². The molecule has 1 heterocycles. The van der Waals surface area contributed by atoms with Gasteiger partial charge in [0.1, 0.15) is 18.2 Å².